The third-order valence-corrected chi connectivity index (χ3v) is 2.04. The molecule has 0 N–H and O–H groups in total. The van der Waals surface area contributed by atoms with Gasteiger partial charge < -0.3 is 0 Å². The Labute approximate surface area is 84.7 Å². The van der Waals surface area contributed by atoms with E-state index in [2.05, 4.69) is 26.0 Å². The van der Waals surface area contributed by atoms with Gasteiger partial charge in [0.05, 0.1) is 10.7 Å². The minimum atomic E-state index is -4.41. The quantitative estimate of drug-likeness (QED) is 0.733. The van der Waals surface area contributed by atoms with Crippen molar-refractivity contribution in [3.8, 4) is 0 Å². The molecule has 2 aromatic rings. The highest BCUT2D eigenvalue weighted by Gasteiger charge is 2.35. The van der Waals surface area contributed by atoms with Crippen LogP contribution in [-0.4, -0.2) is 14.6 Å². The van der Waals surface area contributed by atoms with Crippen LogP contribution in [0.1, 0.15) is 5.56 Å². The molecular formula is C7H3BrF3N3. The molecule has 2 heterocycles. The molecule has 0 saturated heterocycles. The predicted octanol–water partition coefficient (Wildman–Crippen LogP) is 2.51. The first-order chi connectivity index (χ1) is 6.48. The van der Waals surface area contributed by atoms with Gasteiger partial charge in [0, 0.05) is 12.4 Å². The molecule has 2 aromatic heterocycles. The van der Waals surface area contributed by atoms with Gasteiger partial charge >= 0.3 is 6.18 Å². The fraction of sp³-hybridized carbons (Fsp3) is 0.143. The monoisotopic (exact) mass is 265 g/mol. The van der Waals surface area contributed by atoms with Crippen LogP contribution < -0.4 is 0 Å². The number of alkyl halides is 3. The number of fused-ring (bicyclic) bond motifs is 1. The summed E-state index contributed by atoms with van der Waals surface area (Å²) in [5, 5.41) is 3.55. The van der Waals surface area contributed by atoms with Crippen LogP contribution in [0.25, 0.3) is 5.65 Å². The van der Waals surface area contributed by atoms with Gasteiger partial charge in [0.1, 0.15) is 5.56 Å². The largest absolute Gasteiger partial charge is 0.421 e. The summed E-state index contributed by atoms with van der Waals surface area (Å²) in [4.78, 5) is 3.64. The second-order valence-corrected chi connectivity index (χ2v) is 3.51. The highest BCUT2D eigenvalue weighted by molar-refractivity contribution is 9.10. The number of halogens is 4. The van der Waals surface area contributed by atoms with E-state index in [0.717, 1.165) is 10.7 Å². The van der Waals surface area contributed by atoms with Gasteiger partial charge in [0.15, 0.2) is 5.65 Å². The first-order valence-electron chi connectivity index (χ1n) is 3.54. The molecule has 7 heteroatoms. The Morgan fingerprint density at radius 2 is 2.00 bits per heavy atom. The standard InChI is InChI=1S/C7H3BrF3N3/c8-4-1-12-6-5(7(9,10)11)2-13-14(6)3-4/h1-3H. The number of hydrogen-bond acceptors (Lipinski definition) is 2. The molecule has 0 amide bonds. The minimum Gasteiger partial charge on any atom is -0.235 e. The summed E-state index contributed by atoms with van der Waals surface area (Å²) in [5.41, 5.74) is -1.02. The molecule has 0 radical (unpaired) electrons. The third kappa shape index (κ3) is 1.47. The lowest BCUT2D eigenvalue weighted by atomic mass is 10.3. The van der Waals surface area contributed by atoms with Gasteiger partial charge in [-0.05, 0) is 15.9 Å². The molecule has 3 nitrogen and oxygen atoms in total. The lowest BCUT2D eigenvalue weighted by Gasteiger charge is -2.02. The van der Waals surface area contributed by atoms with Gasteiger partial charge in [-0.15, -0.1) is 0 Å². The Hall–Kier alpha value is -1.11. The molecule has 0 fully saturated rings. The molecule has 0 aromatic carbocycles. The van der Waals surface area contributed by atoms with Crippen LogP contribution in [0.5, 0.6) is 0 Å². The molecular weight excluding hydrogens is 263 g/mol. The van der Waals surface area contributed by atoms with Crippen molar-refractivity contribution in [1.82, 2.24) is 14.6 Å². The Morgan fingerprint density at radius 3 is 2.64 bits per heavy atom. The molecule has 0 atom stereocenters. The third-order valence-electron chi connectivity index (χ3n) is 1.63. The van der Waals surface area contributed by atoms with E-state index in [1.807, 2.05) is 0 Å². The molecule has 0 spiro atoms. The van der Waals surface area contributed by atoms with Crippen LogP contribution in [0.3, 0.4) is 0 Å². The maximum atomic E-state index is 12.3. The van der Waals surface area contributed by atoms with E-state index >= 15 is 0 Å². The van der Waals surface area contributed by atoms with Crippen LogP contribution in [0.2, 0.25) is 0 Å². The van der Waals surface area contributed by atoms with Crippen molar-refractivity contribution in [2.45, 2.75) is 6.18 Å². The van der Waals surface area contributed by atoms with Gasteiger partial charge in [0.2, 0.25) is 0 Å². The van der Waals surface area contributed by atoms with Crippen LogP contribution in [0.15, 0.2) is 23.1 Å². The summed E-state index contributed by atoms with van der Waals surface area (Å²) in [5.74, 6) is 0. The van der Waals surface area contributed by atoms with E-state index in [1.165, 1.54) is 12.4 Å². The lowest BCUT2D eigenvalue weighted by Crippen LogP contribution is -2.04. The van der Waals surface area contributed by atoms with Crippen molar-refractivity contribution in [2.24, 2.45) is 0 Å². The second-order valence-electron chi connectivity index (χ2n) is 2.60. The second kappa shape index (κ2) is 2.94. The van der Waals surface area contributed by atoms with Crippen LogP contribution in [0.4, 0.5) is 13.2 Å². The molecule has 0 aliphatic heterocycles. The first kappa shape index (κ1) is 9.45. The number of hydrogen-bond donors (Lipinski definition) is 0. The van der Waals surface area contributed by atoms with Crippen LogP contribution in [-0.2, 0) is 6.18 Å². The summed E-state index contributed by atoms with van der Waals surface area (Å²) in [6.45, 7) is 0. The smallest absolute Gasteiger partial charge is 0.235 e. The molecule has 0 bridgehead atoms. The summed E-state index contributed by atoms with van der Waals surface area (Å²) < 4.78 is 38.7. The minimum absolute atomic E-state index is 0.194. The molecule has 0 aliphatic carbocycles. The molecule has 2 rings (SSSR count). The topological polar surface area (TPSA) is 30.2 Å². The van der Waals surface area contributed by atoms with Crippen LogP contribution >= 0.6 is 15.9 Å². The number of nitrogens with zero attached hydrogens (tertiary/aromatic N) is 3. The van der Waals surface area contributed by atoms with Crippen molar-refractivity contribution < 1.29 is 13.2 Å². The van der Waals surface area contributed by atoms with Crippen molar-refractivity contribution in [2.75, 3.05) is 0 Å². The van der Waals surface area contributed by atoms with E-state index in [-0.39, 0.29) is 5.65 Å². The normalized spacial score (nSPS) is 12.3. The highest BCUT2D eigenvalue weighted by Crippen LogP contribution is 2.31. The lowest BCUT2D eigenvalue weighted by molar-refractivity contribution is -0.136. The zero-order chi connectivity index (χ0) is 10.3. The van der Waals surface area contributed by atoms with Gasteiger partial charge in [-0.3, -0.25) is 0 Å². The SMILES string of the molecule is FC(F)(F)c1cnn2cc(Br)cnc12. The van der Waals surface area contributed by atoms with E-state index in [4.69, 9.17) is 0 Å². The zero-order valence-corrected chi connectivity index (χ0v) is 8.17. The summed E-state index contributed by atoms with van der Waals surface area (Å²) in [6, 6.07) is 0. The van der Waals surface area contributed by atoms with E-state index in [9.17, 15) is 13.2 Å². The fourth-order valence-electron chi connectivity index (χ4n) is 1.05. The summed E-state index contributed by atoms with van der Waals surface area (Å²) >= 11 is 3.09. The van der Waals surface area contributed by atoms with E-state index < -0.39 is 11.7 Å². The predicted molar refractivity (Wildman–Crippen MR) is 45.7 cm³/mol. The molecule has 0 aliphatic rings. The number of rotatable bonds is 0. The molecule has 14 heavy (non-hydrogen) atoms. The van der Waals surface area contributed by atoms with Gasteiger partial charge in [-0.25, -0.2) is 9.50 Å². The van der Waals surface area contributed by atoms with Gasteiger partial charge in [-0.1, -0.05) is 0 Å². The Morgan fingerprint density at radius 1 is 1.29 bits per heavy atom. The highest BCUT2D eigenvalue weighted by atomic mass is 79.9. The van der Waals surface area contributed by atoms with Crippen molar-refractivity contribution in [3.63, 3.8) is 0 Å². The summed E-state index contributed by atoms with van der Waals surface area (Å²) in [6.07, 6.45) is -0.943. The molecule has 74 valence electrons. The maximum absolute atomic E-state index is 12.3. The Kier molecular flexibility index (Phi) is 1.99. The maximum Gasteiger partial charge on any atom is 0.421 e. The zero-order valence-electron chi connectivity index (χ0n) is 6.59. The average molecular weight is 266 g/mol. The van der Waals surface area contributed by atoms with Gasteiger partial charge in [-0.2, -0.15) is 18.3 Å². The van der Waals surface area contributed by atoms with Gasteiger partial charge in [0.25, 0.3) is 0 Å². The molecule has 0 unspecified atom stereocenters. The first-order valence-corrected chi connectivity index (χ1v) is 4.34. The Bertz CT molecular complexity index is 476. The van der Waals surface area contributed by atoms with E-state index in [1.54, 1.807) is 0 Å². The van der Waals surface area contributed by atoms with Crippen molar-refractivity contribution in [3.05, 3.63) is 28.6 Å². The van der Waals surface area contributed by atoms with E-state index in [0.29, 0.717) is 4.47 Å². The Balaban J connectivity index is 2.70. The van der Waals surface area contributed by atoms with Crippen LogP contribution in [0, 0.1) is 0 Å². The number of aromatic nitrogens is 3. The fourth-order valence-corrected chi connectivity index (χ4v) is 1.35. The molecule has 0 saturated carbocycles. The average Bonchev–Trinajstić information content (AvgIpc) is 2.45. The van der Waals surface area contributed by atoms with Crippen molar-refractivity contribution in [1.29, 1.82) is 0 Å². The summed E-state index contributed by atoms with van der Waals surface area (Å²) in [7, 11) is 0. The van der Waals surface area contributed by atoms with Crippen molar-refractivity contribution >= 4 is 21.6 Å².